The van der Waals surface area contributed by atoms with E-state index in [-0.39, 0.29) is 22.7 Å². The lowest BCUT2D eigenvalue weighted by atomic mass is 10.1. The molecule has 0 N–H and O–H groups in total. The molecule has 0 unspecified atom stereocenters. The van der Waals surface area contributed by atoms with Gasteiger partial charge in [-0.3, -0.25) is 19.8 Å². The van der Waals surface area contributed by atoms with Crippen LogP contribution in [0.5, 0.6) is 0 Å². The number of nitro benzene ring substituents is 1. The topological polar surface area (TPSA) is 102 Å². The Morgan fingerprint density at radius 1 is 1.13 bits per heavy atom. The van der Waals surface area contributed by atoms with Crippen molar-refractivity contribution < 1.29 is 24.0 Å². The lowest BCUT2D eigenvalue weighted by molar-refractivity contribution is -0.384. The van der Waals surface area contributed by atoms with Gasteiger partial charge in [0.15, 0.2) is 0 Å². The van der Waals surface area contributed by atoms with Crippen LogP contribution in [0.3, 0.4) is 0 Å². The predicted molar refractivity (Wildman–Crippen MR) is 112 cm³/mol. The summed E-state index contributed by atoms with van der Waals surface area (Å²) in [6.07, 6.45) is 4.06. The predicted octanol–water partition coefficient (Wildman–Crippen LogP) is 2.74. The molecule has 0 radical (unpaired) electrons. The first-order chi connectivity index (χ1) is 14.5. The van der Waals surface area contributed by atoms with Crippen molar-refractivity contribution in [3.05, 3.63) is 39.4 Å². The van der Waals surface area contributed by atoms with Crippen molar-refractivity contribution in [1.29, 1.82) is 0 Å². The minimum Gasteiger partial charge on any atom is -0.465 e. The summed E-state index contributed by atoms with van der Waals surface area (Å²) < 4.78 is 10.0. The molecule has 1 fully saturated rings. The molecule has 9 heteroatoms. The van der Waals surface area contributed by atoms with E-state index < -0.39 is 10.9 Å². The van der Waals surface area contributed by atoms with E-state index >= 15 is 0 Å². The average molecular weight is 421 g/mol. The van der Waals surface area contributed by atoms with Crippen LogP contribution in [0.2, 0.25) is 0 Å². The molecule has 0 aliphatic carbocycles. The van der Waals surface area contributed by atoms with Crippen LogP contribution >= 0.6 is 0 Å². The monoisotopic (exact) mass is 421 g/mol. The normalized spacial score (nSPS) is 14.3. The Balaban J connectivity index is 2.19. The Labute approximate surface area is 177 Å². The molecule has 2 rings (SSSR count). The second-order valence-electron chi connectivity index (χ2n) is 7.32. The Bertz CT molecular complexity index is 733. The van der Waals surface area contributed by atoms with Gasteiger partial charge in [-0.1, -0.05) is 26.2 Å². The highest BCUT2D eigenvalue weighted by Gasteiger charge is 2.23. The lowest BCUT2D eigenvalue weighted by Gasteiger charge is -2.30. The summed E-state index contributed by atoms with van der Waals surface area (Å²) in [4.78, 5) is 39.8. The van der Waals surface area contributed by atoms with Gasteiger partial charge in [-0.2, -0.15) is 0 Å². The minimum atomic E-state index is -0.712. The van der Waals surface area contributed by atoms with Gasteiger partial charge in [-0.25, -0.2) is 4.79 Å². The third-order valence-corrected chi connectivity index (χ3v) is 5.16. The number of hydrogen-bond donors (Lipinski definition) is 0. The number of methoxy groups -OCH3 is 1. The van der Waals surface area contributed by atoms with E-state index in [9.17, 15) is 19.7 Å². The number of hydrogen-bond acceptors (Lipinski definition) is 7. The molecule has 1 aliphatic rings. The molecule has 1 aromatic rings. The van der Waals surface area contributed by atoms with Gasteiger partial charge in [-0.15, -0.1) is 0 Å². The van der Waals surface area contributed by atoms with Crippen molar-refractivity contribution in [2.24, 2.45) is 0 Å². The summed E-state index contributed by atoms with van der Waals surface area (Å²) in [6.45, 7) is 6.92. The average Bonchev–Trinajstić information content (AvgIpc) is 2.77. The summed E-state index contributed by atoms with van der Waals surface area (Å²) in [5.41, 5.74) is -0.184. The summed E-state index contributed by atoms with van der Waals surface area (Å²) in [5.74, 6) is -1.02. The Morgan fingerprint density at radius 2 is 1.83 bits per heavy atom. The molecule has 166 valence electrons. The van der Waals surface area contributed by atoms with Gasteiger partial charge in [0.05, 0.1) is 30.8 Å². The Kier molecular flexibility index (Phi) is 9.69. The van der Waals surface area contributed by atoms with Gasteiger partial charge in [0.2, 0.25) is 0 Å². The van der Waals surface area contributed by atoms with E-state index in [2.05, 4.69) is 16.6 Å². The number of nitro groups is 1. The molecule has 1 amide bonds. The van der Waals surface area contributed by atoms with E-state index in [1.807, 2.05) is 0 Å². The van der Waals surface area contributed by atoms with Gasteiger partial charge in [0, 0.05) is 50.4 Å². The Hall–Kier alpha value is -2.52. The standard InChI is InChI=1S/C21H31N3O6/c1-3-4-5-6-7-23(9-8-22-10-12-30-13-11-22)20(25)17-14-18(21(26)29-2)16-19(15-17)24(27)28/h14-16H,3-13H2,1-2H3. The zero-order valence-electron chi connectivity index (χ0n) is 17.8. The molecule has 1 heterocycles. The fraction of sp³-hybridized carbons (Fsp3) is 0.619. The van der Waals surface area contributed by atoms with Crippen molar-refractivity contribution in [1.82, 2.24) is 9.80 Å². The number of esters is 1. The van der Waals surface area contributed by atoms with Gasteiger partial charge in [-0.05, 0) is 12.5 Å². The lowest BCUT2D eigenvalue weighted by Crippen LogP contribution is -2.43. The zero-order valence-corrected chi connectivity index (χ0v) is 17.8. The molecule has 0 spiro atoms. The van der Waals surface area contributed by atoms with Crippen molar-refractivity contribution in [2.75, 3.05) is 53.0 Å². The van der Waals surface area contributed by atoms with Gasteiger partial charge in [0.25, 0.3) is 11.6 Å². The molecule has 30 heavy (non-hydrogen) atoms. The molecule has 9 nitrogen and oxygen atoms in total. The van der Waals surface area contributed by atoms with Gasteiger partial charge >= 0.3 is 5.97 Å². The maximum atomic E-state index is 13.2. The van der Waals surface area contributed by atoms with Crippen LogP contribution in [-0.4, -0.2) is 79.6 Å². The van der Waals surface area contributed by atoms with Crippen LogP contribution in [-0.2, 0) is 9.47 Å². The molecule has 1 aliphatic heterocycles. The minimum absolute atomic E-state index is 0.00541. The molecule has 1 saturated heterocycles. The molecule has 1 aromatic carbocycles. The van der Waals surface area contributed by atoms with Crippen molar-refractivity contribution in [2.45, 2.75) is 32.6 Å². The summed E-state index contributed by atoms with van der Waals surface area (Å²) in [6, 6.07) is 3.72. The number of ether oxygens (including phenoxy) is 2. The number of carbonyl (C=O) groups is 2. The summed E-state index contributed by atoms with van der Waals surface area (Å²) >= 11 is 0. The number of morpholine rings is 1. The first-order valence-electron chi connectivity index (χ1n) is 10.4. The van der Waals surface area contributed by atoms with Gasteiger partial charge < -0.3 is 14.4 Å². The van der Waals surface area contributed by atoms with Crippen LogP contribution in [0.15, 0.2) is 18.2 Å². The number of benzene rings is 1. The SMILES string of the molecule is CCCCCCN(CCN1CCOCC1)C(=O)c1cc(C(=O)OC)cc([N+](=O)[O-])c1. The zero-order chi connectivity index (χ0) is 21.9. The summed E-state index contributed by atoms with van der Waals surface area (Å²) in [5, 5.41) is 11.3. The summed E-state index contributed by atoms with van der Waals surface area (Å²) in [7, 11) is 1.20. The van der Waals surface area contributed by atoms with Crippen LogP contribution in [0.25, 0.3) is 0 Å². The first kappa shape index (κ1) is 23.8. The number of amides is 1. The maximum absolute atomic E-state index is 13.2. The maximum Gasteiger partial charge on any atom is 0.338 e. The van der Waals surface area contributed by atoms with Crippen molar-refractivity contribution >= 4 is 17.6 Å². The van der Waals surface area contributed by atoms with Crippen LogP contribution < -0.4 is 0 Å². The smallest absolute Gasteiger partial charge is 0.338 e. The third-order valence-electron chi connectivity index (χ3n) is 5.16. The highest BCUT2D eigenvalue weighted by molar-refractivity contribution is 5.99. The van der Waals surface area contributed by atoms with Crippen LogP contribution in [0.1, 0.15) is 53.3 Å². The van der Waals surface area contributed by atoms with E-state index in [4.69, 9.17) is 4.74 Å². The molecular formula is C21H31N3O6. The fourth-order valence-electron chi connectivity index (χ4n) is 3.39. The largest absolute Gasteiger partial charge is 0.465 e. The molecule has 0 saturated carbocycles. The second kappa shape index (κ2) is 12.2. The second-order valence-corrected chi connectivity index (χ2v) is 7.32. The molecule has 0 atom stereocenters. The highest BCUT2D eigenvalue weighted by Crippen LogP contribution is 2.20. The van der Waals surface area contributed by atoms with Gasteiger partial charge in [0.1, 0.15) is 0 Å². The van der Waals surface area contributed by atoms with E-state index in [1.165, 1.54) is 19.2 Å². The number of rotatable bonds is 11. The fourth-order valence-corrected chi connectivity index (χ4v) is 3.39. The Morgan fingerprint density at radius 3 is 2.47 bits per heavy atom. The van der Waals surface area contributed by atoms with Crippen molar-refractivity contribution in [3.8, 4) is 0 Å². The van der Waals surface area contributed by atoms with E-state index in [1.54, 1.807) is 4.90 Å². The first-order valence-corrected chi connectivity index (χ1v) is 10.4. The molecule has 0 aromatic heterocycles. The number of nitrogens with zero attached hydrogens (tertiary/aromatic N) is 3. The van der Waals surface area contributed by atoms with E-state index in [0.29, 0.717) is 32.8 Å². The highest BCUT2D eigenvalue weighted by atomic mass is 16.6. The quantitative estimate of drug-likeness (QED) is 0.234. The third kappa shape index (κ3) is 7.07. The number of unbranched alkanes of at least 4 members (excludes halogenated alkanes) is 3. The van der Waals surface area contributed by atoms with Crippen molar-refractivity contribution in [3.63, 3.8) is 0 Å². The molecular weight excluding hydrogens is 390 g/mol. The number of non-ortho nitro benzene ring substituents is 1. The van der Waals surface area contributed by atoms with E-state index in [0.717, 1.165) is 44.8 Å². The molecule has 0 bridgehead atoms. The number of carbonyl (C=O) groups excluding carboxylic acids is 2. The van der Waals surface area contributed by atoms with Crippen LogP contribution in [0.4, 0.5) is 5.69 Å². The van der Waals surface area contributed by atoms with Crippen LogP contribution in [0, 0.1) is 10.1 Å².